The van der Waals surface area contributed by atoms with Crippen LogP contribution in [0.5, 0.6) is 0 Å². The summed E-state index contributed by atoms with van der Waals surface area (Å²) in [4.78, 5) is 0. The van der Waals surface area contributed by atoms with Crippen molar-refractivity contribution in [2.45, 2.75) is 25.8 Å². The largest absolute Gasteiger partial charge is 0.399 e. The zero-order valence-corrected chi connectivity index (χ0v) is 12.4. The minimum atomic E-state index is 0.701. The first kappa shape index (κ1) is 13.1. The third-order valence-electron chi connectivity index (χ3n) is 4.32. The van der Waals surface area contributed by atoms with Crippen LogP contribution >= 0.6 is 0 Å². The quantitative estimate of drug-likeness (QED) is 0.754. The molecule has 0 spiro atoms. The Labute approximate surface area is 129 Å². The maximum Gasteiger partial charge on any atom is 0.0889 e. The summed E-state index contributed by atoms with van der Waals surface area (Å²) in [5.74, 6) is 0. The fourth-order valence-electron chi connectivity index (χ4n) is 3.13. The SMILES string of the molecule is Nc1ccc(Cn2nncc2-c2ccc3c(c2)CCC3)cc1. The molecule has 22 heavy (non-hydrogen) atoms. The van der Waals surface area contributed by atoms with Gasteiger partial charge in [0, 0.05) is 11.3 Å². The highest BCUT2D eigenvalue weighted by Gasteiger charge is 2.14. The molecule has 1 heterocycles. The van der Waals surface area contributed by atoms with Crippen LogP contribution < -0.4 is 5.73 Å². The van der Waals surface area contributed by atoms with Crippen molar-refractivity contribution in [3.8, 4) is 11.3 Å². The molecule has 3 aromatic rings. The molecule has 0 fully saturated rings. The van der Waals surface area contributed by atoms with Gasteiger partial charge in [-0.3, -0.25) is 0 Å². The minimum absolute atomic E-state index is 0.701. The van der Waals surface area contributed by atoms with Crippen LogP contribution in [0.25, 0.3) is 11.3 Å². The van der Waals surface area contributed by atoms with Gasteiger partial charge < -0.3 is 5.73 Å². The normalized spacial score (nSPS) is 13.3. The molecule has 110 valence electrons. The van der Waals surface area contributed by atoms with E-state index in [-0.39, 0.29) is 0 Å². The van der Waals surface area contributed by atoms with Gasteiger partial charge in [-0.25, -0.2) is 4.68 Å². The standard InChI is InChI=1S/C18H18N4/c19-17-8-4-13(5-9-17)12-22-18(11-20-21-22)16-7-6-14-2-1-3-15(14)10-16/h4-11H,1-3,12,19H2. The van der Waals surface area contributed by atoms with E-state index in [9.17, 15) is 0 Å². The van der Waals surface area contributed by atoms with Gasteiger partial charge in [0.1, 0.15) is 0 Å². The van der Waals surface area contributed by atoms with Crippen molar-refractivity contribution in [3.05, 3.63) is 65.4 Å². The van der Waals surface area contributed by atoms with E-state index < -0.39 is 0 Å². The number of aromatic nitrogens is 3. The number of benzene rings is 2. The number of fused-ring (bicyclic) bond motifs is 1. The van der Waals surface area contributed by atoms with Crippen LogP contribution in [0.4, 0.5) is 5.69 Å². The molecule has 0 aliphatic heterocycles. The molecule has 4 rings (SSSR count). The van der Waals surface area contributed by atoms with E-state index in [1.165, 1.54) is 41.5 Å². The Morgan fingerprint density at radius 2 is 1.82 bits per heavy atom. The first-order valence-corrected chi connectivity index (χ1v) is 7.65. The van der Waals surface area contributed by atoms with Crippen LogP contribution in [-0.2, 0) is 19.4 Å². The summed E-state index contributed by atoms with van der Waals surface area (Å²) in [6, 6.07) is 14.6. The Kier molecular flexibility index (Phi) is 3.15. The molecule has 1 aromatic heterocycles. The molecular weight excluding hydrogens is 272 g/mol. The third-order valence-corrected chi connectivity index (χ3v) is 4.32. The Balaban J connectivity index is 1.66. The van der Waals surface area contributed by atoms with Crippen LogP contribution in [0.3, 0.4) is 0 Å². The van der Waals surface area contributed by atoms with Crippen molar-refractivity contribution in [2.24, 2.45) is 0 Å². The average molecular weight is 290 g/mol. The highest BCUT2D eigenvalue weighted by Crippen LogP contribution is 2.27. The topological polar surface area (TPSA) is 56.7 Å². The summed E-state index contributed by atoms with van der Waals surface area (Å²) in [6.45, 7) is 0.701. The van der Waals surface area contributed by atoms with E-state index in [0.717, 1.165) is 11.4 Å². The highest BCUT2D eigenvalue weighted by molar-refractivity contribution is 5.61. The van der Waals surface area contributed by atoms with Crippen molar-refractivity contribution < 1.29 is 0 Å². The molecule has 4 heteroatoms. The Hall–Kier alpha value is -2.62. The molecule has 2 N–H and O–H groups in total. The lowest BCUT2D eigenvalue weighted by Gasteiger charge is -2.08. The van der Waals surface area contributed by atoms with Crippen molar-refractivity contribution in [3.63, 3.8) is 0 Å². The molecular formula is C18H18N4. The number of nitrogens with two attached hydrogens (primary N) is 1. The van der Waals surface area contributed by atoms with Crippen LogP contribution in [0.2, 0.25) is 0 Å². The predicted octanol–water partition coefficient (Wildman–Crippen LogP) is 3.06. The summed E-state index contributed by atoms with van der Waals surface area (Å²) in [5, 5.41) is 8.33. The number of nitrogens with zero attached hydrogens (tertiary/aromatic N) is 3. The van der Waals surface area contributed by atoms with Gasteiger partial charge in [0.15, 0.2) is 0 Å². The first-order chi connectivity index (χ1) is 10.8. The second-order valence-electron chi connectivity index (χ2n) is 5.86. The summed E-state index contributed by atoms with van der Waals surface area (Å²) in [6.07, 6.45) is 5.50. The summed E-state index contributed by atoms with van der Waals surface area (Å²) in [7, 11) is 0. The third kappa shape index (κ3) is 2.37. The number of anilines is 1. The van der Waals surface area contributed by atoms with Gasteiger partial charge in [0.05, 0.1) is 18.4 Å². The number of aryl methyl sites for hydroxylation is 2. The Bertz CT molecular complexity index is 802. The van der Waals surface area contributed by atoms with Crippen molar-refractivity contribution in [1.29, 1.82) is 0 Å². The average Bonchev–Trinajstić information content (AvgIpc) is 3.17. The molecule has 0 unspecified atom stereocenters. The smallest absolute Gasteiger partial charge is 0.0889 e. The lowest BCUT2D eigenvalue weighted by molar-refractivity contribution is 0.655. The predicted molar refractivity (Wildman–Crippen MR) is 87.4 cm³/mol. The molecule has 1 aliphatic carbocycles. The zero-order valence-electron chi connectivity index (χ0n) is 12.4. The van der Waals surface area contributed by atoms with Crippen molar-refractivity contribution >= 4 is 5.69 Å². The van der Waals surface area contributed by atoms with E-state index in [4.69, 9.17) is 5.73 Å². The van der Waals surface area contributed by atoms with Crippen molar-refractivity contribution in [1.82, 2.24) is 15.0 Å². The lowest BCUT2D eigenvalue weighted by Crippen LogP contribution is -2.04. The molecule has 1 aliphatic rings. The Morgan fingerprint density at radius 3 is 2.68 bits per heavy atom. The van der Waals surface area contributed by atoms with Gasteiger partial charge in [0.25, 0.3) is 0 Å². The highest BCUT2D eigenvalue weighted by atomic mass is 15.4. The molecule has 0 bridgehead atoms. The molecule has 2 aromatic carbocycles. The van der Waals surface area contributed by atoms with Crippen LogP contribution in [0.15, 0.2) is 48.7 Å². The number of rotatable bonds is 3. The van der Waals surface area contributed by atoms with Crippen molar-refractivity contribution in [2.75, 3.05) is 5.73 Å². The maximum absolute atomic E-state index is 5.74. The van der Waals surface area contributed by atoms with Gasteiger partial charge >= 0.3 is 0 Å². The second-order valence-corrected chi connectivity index (χ2v) is 5.86. The van der Waals surface area contributed by atoms with Gasteiger partial charge in [-0.05, 0) is 54.2 Å². The number of hydrogen-bond acceptors (Lipinski definition) is 3. The molecule has 0 saturated heterocycles. The Morgan fingerprint density at radius 1 is 1.00 bits per heavy atom. The molecule has 0 atom stereocenters. The van der Waals surface area contributed by atoms with E-state index in [1.807, 2.05) is 35.1 Å². The van der Waals surface area contributed by atoms with E-state index in [2.05, 4.69) is 28.5 Å². The van der Waals surface area contributed by atoms with E-state index in [0.29, 0.717) is 6.54 Å². The fourth-order valence-corrected chi connectivity index (χ4v) is 3.13. The van der Waals surface area contributed by atoms with Gasteiger partial charge in [-0.2, -0.15) is 0 Å². The number of hydrogen-bond donors (Lipinski definition) is 1. The second kappa shape index (κ2) is 5.30. The summed E-state index contributed by atoms with van der Waals surface area (Å²) in [5.41, 5.74) is 12.9. The van der Waals surface area contributed by atoms with Crippen LogP contribution in [0.1, 0.15) is 23.1 Å². The molecule has 0 amide bonds. The van der Waals surface area contributed by atoms with Crippen LogP contribution in [0, 0.1) is 0 Å². The van der Waals surface area contributed by atoms with E-state index >= 15 is 0 Å². The fraction of sp³-hybridized carbons (Fsp3) is 0.222. The monoisotopic (exact) mass is 290 g/mol. The summed E-state index contributed by atoms with van der Waals surface area (Å²) < 4.78 is 1.95. The molecule has 0 saturated carbocycles. The van der Waals surface area contributed by atoms with Gasteiger partial charge in [-0.15, -0.1) is 5.10 Å². The van der Waals surface area contributed by atoms with Gasteiger partial charge in [0.2, 0.25) is 0 Å². The molecule has 4 nitrogen and oxygen atoms in total. The van der Waals surface area contributed by atoms with E-state index in [1.54, 1.807) is 0 Å². The van der Waals surface area contributed by atoms with Crippen LogP contribution in [-0.4, -0.2) is 15.0 Å². The molecule has 0 radical (unpaired) electrons. The van der Waals surface area contributed by atoms with Gasteiger partial charge in [-0.1, -0.05) is 29.5 Å². The minimum Gasteiger partial charge on any atom is -0.399 e. The number of nitrogen functional groups attached to an aromatic ring is 1. The lowest BCUT2D eigenvalue weighted by atomic mass is 10.0. The zero-order chi connectivity index (χ0) is 14.9. The summed E-state index contributed by atoms with van der Waals surface area (Å²) >= 11 is 0. The first-order valence-electron chi connectivity index (χ1n) is 7.65. The maximum atomic E-state index is 5.74.